The van der Waals surface area contributed by atoms with E-state index >= 15 is 0 Å². The lowest BCUT2D eigenvalue weighted by atomic mass is 10.0. The Morgan fingerprint density at radius 1 is 1.25 bits per heavy atom. The number of anilines is 2. The minimum atomic E-state index is -0.644. The average molecular weight is 304 g/mol. The van der Waals surface area contributed by atoms with E-state index in [1.165, 1.54) is 25.1 Å². The van der Waals surface area contributed by atoms with Gasteiger partial charge >= 0.3 is 0 Å². The molecule has 0 aliphatic heterocycles. The highest BCUT2D eigenvalue weighted by molar-refractivity contribution is 5.96. The second-order valence-electron chi connectivity index (χ2n) is 4.63. The van der Waals surface area contributed by atoms with Gasteiger partial charge in [-0.1, -0.05) is 13.8 Å². The van der Waals surface area contributed by atoms with Crippen molar-refractivity contribution in [3.63, 3.8) is 0 Å². The number of hydrogen-bond donors (Lipinski definition) is 3. The van der Waals surface area contributed by atoms with Crippen molar-refractivity contribution < 1.29 is 14.0 Å². The Labute approximate surface area is 123 Å². The third kappa shape index (κ3) is 5.14. The van der Waals surface area contributed by atoms with Crippen molar-refractivity contribution in [2.45, 2.75) is 26.8 Å². The quantitative estimate of drug-likeness (QED) is 0.796. The first-order valence-corrected chi connectivity index (χ1v) is 5.95. The van der Waals surface area contributed by atoms with Gasteiger partial charge in [-0.25, -0.2) is 4.39 Å². The summed E-state index contributed by atoms with van der Waals surface area (Å²) in [7, 11) is 0. The third-order valence-electron chi connectivity index (χ3n) is 2.57. The van der Waals surface area contributed by atoms with Crippen LogP contribution in [0.3, 0.4) is 0 Å². The number of nitrogens with two attached hydrogens (primary N) is 1. The zero-order valence-corrected chi connectivity index (χ0v) is 12.4. The molecule has 0 bridgehead atoms. The summed E-state index contributed by atoms with van der Waals surface area (Å²) in [5.74, 6) is -1.31. The summed E-state index contributed by atoms with van der Waals surface area (Å²) < 4.78 is 13.4. The SMILES string of the molecule is CC(=O)Nc1cc(NC(=O)C(N)C(C)C)ccc1F.Cl. The van der Waals surface area contributed by atoms with Crippen LogP contribution in [0.2, 0.25) is 0 Å². The molecule has 0 spiro atoms. The summed E-state index contributed by atoms with van der Waals surface area (Å²) in [6.45, 7) is 4.94. The zero-order chi connectivity index (χ0) is 14.6. The fourth-order valence-corrected chi connectivity index (χ4v) is 1.42. The molecule has 1 aromatic rings. The summed E-state index contributed by atoms with van der Waals surface area (Å²) in [6.07, 6.45) is 0. The maximum absolute atomic E-state index is 13.4. The van der Waals surface area contributed by atoms with Gasteiger partial charge < -0.3 is 16.4 Å². The normalized spacial score (nSPS) is 11.5. The van der Waals surface area contributed by atoms with E-state index in [9.17, 15) is 14.0 Å². The zero-order valence-electron chi connectivity index (χ0n) is 11.6. The van der Waals surface area contributed by atoms with E-state index in [1.54, 1.807) is 0 Å². The maximum Gasteiger partial charge on any atom is 0.241 e. The summed E-state index contributed by atoms with van der Waals surface area (Å²) >= 11 is 0. The van der Waals surface area contributed by atoms with Crippen LogP contribution in [0.5, 0.6) is 0 Å². The Morgan fingerprint density at radius 3 is 2.35 bits per heavy atom. The van der Waals surface area contributed by atoms with Crippen molar-refractivity contribution in [3.05, 3.63) is 24.0 Å². The fraction of sp³-hybridized carbons (Fsp3) is 0.385. The van der Waals surface area contributed by atoms with E-state index in [-0.39, 0.29) is 35.8 Å². The molecule has 0 aliphatic rings. The Hall–Kier alpha value is -1.66. The van der Waals surface area contributed by atoms with E-state index in [0.717, 1.165) is 0 Å². The summed E-state index contributed by atoms with van der Waals surface area (Å²) in [6, 6.07) is 3.28. The van der Waals surface area contributed by atoms with Gasteiger partial charge in [0.1, 0.15) is 5.82 Å². The number of amides is 2. The lowest BCUT2D eigenvalue weighted by molar-refractivity contribution is -0.118. The Bertz CT molecular complexity index is 495. The lowest BCUT2D eigenvalue weighted by Crippen LogP contribution is -2.39. The van der Waals surface area contributed by atoms with Gasteiger partial charge in [0.2, 0.25) is 11.8 Å². The fourth-order valence-electron chi connectivity index (χ4n) is 1.42. The van der Waals surface area contributed by atoms with E-state index in [4.69, 9.17) is 5.73 Å². The van der Waals surface area contributed by atoms with E-state index in [2.05, 4.69) is 10.6 Å². The Balaban J connectivity index is 0.00000361. The molecule has 1 atom stereocenters. The highest BCUT2D eigenvalue weighted by Crippen LogP contribution is 2.20. The molecule has 112 valence electrons. The number of hydrogen-bond acceptors (Lipinski definition) is 3. The Morgan fingerprint density at radius 2 is 1.85 bits per heavy atom. The van der Waals surface area contributed by atoms with E-state index in [1.807, 2.05) is 13.8 Å². The van der Waals surface area contributed by atoms with Gasteiger partial charge in [0.25, 0.3) is 0 Å². The number of halogens is 2. The molecule has 0 aromatic heterocycles. The van der Waals surface area contributed by atoms with Gasteiger partial charge in [0.05, 0.1) is 11.7 Å². The molecular weight excluding hydrogens is 285 g/mol. The minimum absolute atomic E-state index is 0. The van der Waals surface area contributed by atoms with Crippen LogP contribution in [0.25, 0.3) is 0 Å². The standard InChI is InChI=1S/C13H18FN3O2.ClH/c1-7(2)12(15)13(19)17-9-4-5-10(14)11(6-9)16-8(3)18;/h4-7,12H,15H2,1-3H3,(H,16,18)(H,17,19);1H. The van der Waals surface area contributed by atoms with Crippen molar-refractivity contribution in [2.24, 2.45) is 11.7 Å². The van der Waals surface area contributed by atoms with Crippen molar-refractivity contribution in [1.82, 2.24) is 0 Å². The number of benzene rings is 1. The molecule has 7 heteroatoms. The third-order valence-corrected chi connectivity index (χ3v) is 2.57. The highest BCUT2D eigenvalue weighted by atomic mass is 35.5. The second-order valence-corrected chi connectivity index (χ2v) is 4.63. The Kier molecular flexibility index (Phi) is 7.17. The monoisotopic (exact) mass is 303 g/mol. The minimum Gasteiger partial charge on any atom is -0.325 e. The highest BCUT2D eigenvalue weighted by Gasteiger charge is 2.17. The van der Waals surface area contributed by atoms with Crippen LogP contribution in [-0.4, -0.2) is 17.9 Å². The number of nitrogens with one attached hydrogen (secondary N) is 2. The molecule has 0 radical (unpaired) electrons. The van der Waals surface area contributed by atoms with Crippen molar-refractivity contribution in [3.8, 4) is 0 Å². The molecule has 0 heterocycles. The van der Waals surface area contributed by atoms with Gasteiger partial charge in [-0.05, 0) is 24.1 Å². The first kappa shape index (κ1) is 18.3. The summed E-state index contributed by atoms with van der Waals surface area (Å²) in [4.78, 5) is 22.7. The van der Waals surface area contributed by atoms with Gasteiger partial charge in [-0.15, -0.1) is 12.4 Å². The number of carbonyl (C=O) groups is 2. The van der Waals surface area contributed by atoms with E-state index < -0.39 is 11.9 Å². The van der Waals surface area contributed by atoms with Crippen molar-refractivity contribution in [1.29, 1.82) is 0 Å². The molecular formula is C13H19ClFN3O2. The van der Waals surface area contributed by atoms with Gasteiger partial charge in [0, 0.05) is 12.6 Å². The molecule has 4 N–H and O–H groups in total. The van der Waals surface area contributed by atoms with Crippen LogP contribution < -0.4 is 16.4 Å². The first-order chi connectivity index (χ1) is 8.81. The van der Waals surface area contributed by atoms with Crippen LogP contribution in [0.1, 0.15) is 20.8 Å². The van der Waals surface area contributed by atoms with E-state index in [0.29, 0.717) is 5.69 Å². The number of rotatable bonds is 4. The van der Waals surface area contributed by atoms with Gasteiger partial charge in [-0.2, -0.15) is 0 Å². The van der Waals surface area contributed by atoms with Crippen molar-refractivity contribution >= 4 is 35.6 Å². The van der Waals surface area contributed by atoms with Crippen LogP contribution in [-0.2, 0) is 9.59 Å². The van der Waals surface area contributed by atoms with Crippen LogP contribution in [0, 0.1) is 11.7 Å². The summed E-state index contributed by atoms with van der Waals surface area (Å²) in [5, 5.41) is 4.92. The first-order valence-electron chi connectivity index (χ1n) is 5.95. The molecule has 0 saturated carbocycles. The maximum atomic E-state index is 13.4. The lowest BCUT2D eigenvalue weighted by Gasteiger charge is -2.16. The second kappa shape index (κ2) is 7.81. The predicted molar refractivity (Wildman–Crippen MR) is 79.4 cm³/mol. The van der Waals surface area contributed by atoms with Crippen LogP contribution >= 0.6 is 12.4 Å². The number of carbonyl (C=O) groups excluding carboxylic acids is 2. The molecule has 20 heavy (non-hydrogen) atoms. The molecule has 1 aromatic carbocycles. The molecule has 0 aliphatic carbocycles. The molecule has 0 saturated heterocycles. The molecule has 5 nitrogen and oxygen atoms in total. The molecule has 0 fully saturated rings. The van der Waals surface area contributed by atoms with Gasteiger partial charge in [-0.3, -0.25) is 9.59 Å². The molecule has 1 rings (SSSR count). The van der Waals surface area contributed by atoms with Crippen LogP contribution in [0.15, 0.2) is 18.2 Å². The van der Waals surface area contributed by atoms with Gasteiger partial charge in [0.15, 0.2) is 0 Å². The predicted octanol–water partition coefficient (Wildman–Crippen LogP) is 2.13. The molecule has 2 amide bonds. The average Bonchev–Trinajstić information content (AvgIpc) is 2.31. The topological polar surface area (TPSA) is 84.2 Å². The molecule has 1 unspecified atom stereocenters. The van der Waals surface area contributed by atoms with Crippen LogP contribution in [0.4, 0.5) is 15.8 Å². The van der Waals surface area contributed by atoms with Crippen molar-refractivity contribution in [2.75, 3.05) is 10.6 Å². The largest absolute Gasteiger partial charge is 0.325 e. The summed E-state index contributed by atoms with van der Waals surface area (Å²) in [5.41, 5.74) is 6.10. The smallest absolute Gasteiger partial charge is 0.241 e.